The van der Waals surface area contributed by atoms with Gasteiger partial charge in [-0.2, -0.15) is 18.9 Å². The Bertz CT molecular complexity index is 1040. The van der Waals surface area contributed by atoms with Gasteiger partial charge in [0, 0.05) is 35.6 Å². The van der Waals surface area contributed by atoms with E-state index in [0.29, 0.717) is 22.5 Å². The summed E-state index contributed by atoms with van der Waals surface area (Å²) < 4.78 is 8.20. The van der Waals surface area contributed by atoms with E-state index in [2.05, 4.69) is 13.8 Å². The van der Waals surface area contributed by atoms with Crippen LogP contribution in [-0.4, -0.2) is 54.8 Å². The predicted octanol–water partition coefficient (Wildman–Crippen LogP) is 2.73. The first-order valence-electron chi connectivity index (χ1n) is 7.41. The number of nitrogens with zero attached hydrogens (tertiary/aromatic N) is 5. The van der Waals surface area contributed by atoms with Gasteiger partial charge in [0.05, 0.1) is 28.1 Å². The fourth-order valence-corrected chi connectivity index (χ4v) is 3.51. The molecule has 0 spiro atoms. The Morgan fingerprint density at radius 3 is 2.50 bits per heavy atom. The van der Waals surface area contributed by atoms with Crippen LogP contribution in [0.3, 0.4) is 0 Å². The molecule has 0 saturated carbocycles. The number of benzene rings is 2. The number of hydrogen-bond donors (Lipinski definition) is 0. The molecule has 0 saturated heterocycles. The molecule has 0 aliphatic carbocycles. The minimum absolute atomic E-state index is 0. The first-order chi connectivity index (χ1) is 12.1. The predicted molar refractivity (Wildman–Crippen MR) is 99.6 cm³/mol. The van der Waals surface area contributed by atoms with Gasteiger partial charge in [-0.1, -0.05) is 18.2 Å². The second-order valence-electron chi connectivity index (χ2n) is 5.55. The van der Waals surface area contributed by atoms with Crippen LogP contribution in [0.4, 0.5) is 11.4 Å². The molecular weight excluding hydrogens is 365 g/mol. The molecule has 8 nitrogen and oxygen atoms in total. The average molecular weight is 376 g/mol. The number of carbonyl (C=O) groups excluding carboxylic acids is 1. The smallest absolute Gasteiger partial charge is 0.271 e. The monoisotopic (exact) mass is 376 g/mol. The van der Waals surface area contributed by atoms with Crippen LogP contribution in [0, 0.1) is 10.1 Å². The number of amides is 1. The largest absolute Gasteiger partial charge is 0.298 e. The second-order valence-corrected chi connectivity index (χ2v) is 6.08. The first kappa shape index (κ1) is 18.6. The molecular formula is C16H11N5NaO3S. The fourth-order valence-electron chi connectivity index (χ4n) is 2.93. The van der Waals surface area contributed by atoms with Crippen LogP contribution < -0.4 is 5.01 Å². The molecule has 0 bridgehead atoms. The van der Waals surface area contributed by atoms with Gasteiger partial charge < -0.3 is 0 Å². The zero-order valence-corrected chi connectivity index (χ0v) is 16.8. The number of carbonyl (C=O) groups is 1. The third-order valence-corrected chi connectivity index (χ3v) is 4.59. The van der Waals surface area contributed by atoms with E-state index >= 15 is 0 Å². The number of anilines is 1. The van der Waals surface area contributed by atoms with Gasteiger partial charge in [-0.25, -0.2) is 0 Å². The molecule has 3 aromatic rings. The molecule has 2 aromatic carbocycles. The number of aromatic nitrogens is 2. The molecule has 1 amide bonds. The normalized spacial score (nSPS) is 16.5. The van der Waals surface area contributed by atoms with Crippen LogP contribution in [0.5, 0.6) is 0 Å². The standard InChI is InChI=1S/C16H11N5O3S.Na/c1-9-13(16(22)20(17-9)10-5-3-2-4-6-10)11-7-8-12(21(23)24)15-14(11)18-25-19-15;/h2-8,13H,1H3;. The van der Waals surface area contributed by atoms with Crippen LogP contribution in [0.15, 0.2) is 47.6 Å². The van der Waals surface area contributed by atoms with Crippen LogP contribution >= 0.6 is 11.7 Å². The van der Waals surface area contributed by atoms with Crippen molar-refractivity contribution in [2.24, 2.45) is 5.10 Å². The van der Waals surface area contributed by atoms with Crippen molar-refractivity contribution in [2.45, 2.75) is 12.8 Å². The topological polar surface area (TPSA) is 102 Å². The van der Waals surface area contributed by atoms with Crippen LogP contribution in [0.2, 0.25) is 0 Å². The molecule has 10 heteroatoms. The summed E-state index contributed by atoms with van der Waals surface area (Å²) >= 11 is 0.888. The number of rotatable bonds is 3. The number of nitro groups is 1. The van der Waals surface area contributed by atoms with Crippen molar-refractivity contribution in [2.75, 3.05) is 5.01 Å². The Balaban J connectivity index is 0.00000196. The Hall–Kier alpha value is -2.20. The van der Waals surface area contributed by atoms with E-state index in [-0.39, 0.29) is 46.7 Å². The van der Waals surface area contributed by atoms with Crippen molar-refractivity contribution in [3.05, 3.63) is 58.1 Å². The molecule has 1 radical (unpaired) electrons. The maximum atomic E-state index is 12.9. The molecule has 4 rings (SSSR count). The van der Waals surface area contributed by atoms with Crippen molar-refractivity contribution in [3.8, 4) is 0 Å². The second kappa shape index (κ2) is 7.20. The Morgan fingerprint density at radius 1 is 1.12 bits per heavy atom. The number of hydrazone groups is 1. The summed E-state index contributed by atoms with van der Waals surface area (Å²) in [5, 5.41) is 16.9. The Kier molecular flexibility index (Phi) is 5.15. The van der Waals surface area contributed by atoms with Gasteiger partial charge in [-0.15, -0.1) is 0 Å². The summed E-state index contributed by atoms with van der Waals surface area (Å²) in [7, 11) is 0. The van der Waals surface area contributed by atoms with Crippen LogP contribution in [0.1, 0.15) is 18.4 Å². The average Bonchev–Trinajstić information content (AvgIpc) is 3.20. The summed E-state index contributed by atoms with van der Waals surface area (Å²) in [6.45, 7) is 1.76. The third kappa shape index (κ3) is 2.92. The fraction of sp³-hybridized carbons (Fsp3) is 0.125. The van der Waals surface area contributed by atoms with Crippen molar-refractivity contribution in [3.63, 3.8) is 0 Å². The van der Waals surface area contributed by atoms with Gasteiger partial charge >= 0.3 is 0 Å². The van der Waals surface area contributed by atoms with E-state index in [4.69, 9.17) is 0 Å². The minimum atomic E-state index is -0.632. The Morgan fingerprint density at radius 2 is 1.81 bits per heavy atom. The van der Waals surface area contributed by atoms with E-state index in [0.717, 1.165) is 11.7 Å². The van der Waals surface area contributed by atoms with E-state index < -0.39 is 10.8 Å². The zero-order valence-electron chi connectivity index (χ0n) is 14.0. The maximum Gasteiger partial charge on any atom is 0.298 e. The number of fused-ring (bicyclic) bond motifs is 1. The molecule has 1 aromatic heterocycles. The van der Waals surface area contributed by atoms with Gasteiger partial charge in [0.1, 0.15) is 11.4 Å². The van der Waals surface area contributed by atoms with E-state index in [1.54, 1.807) is 25.1 Å². The molecule has 1 atom stereocenters. The van der Waals surface area contributed by atoms with Crippen molar-refractivity contribution in [1.29, 1.82) is 0 Å². The molecule has 0 fully saturated rings. The van der Waals surface area contributed by atoms with Crippen molar-refractivity contribution >= 4 is 75.3 Å². The number of nitro benzene ring substituents is 1. The quantitative estimate of drug-likeness (QED) is 0.397. The molecule has 26 heavy (non-hydrogen) atoms. The van der Waals surface area contributed by atoms with Crippen molar-refractivity contribution in [1.82, 2.24) is 8.75 Å². The molecule has 1 unspecified atom stereocenters. The van der Waals surface area contributed by atoms with Gasteiger partial charge in [-0.3, -0.25) is 14.9 Å². The summed E-state index contributed by atoms with van der Waals surface area (Å²) in [6, 6.07) is 12.0. The van der Waals surface area contributed by atoms with E-state index in [1.807, 2.05) is 18.2 Å². The Labute approximate surface area is 174 Å². The first-order valence-corrected chi connectivity index (χ1v) is 8.14. The molecule has 125 valence electrons. The van der Waals surface area contributed by atoms with Crippen LogP contribution in [0.25, 0.3) is 11.0 Å². The molecule has 1 aliphatic heterocycles. The van der Waals surface area contributed by atoms with E-state index in [1.165, 1.54) is 11.1 Å². The molecule has 0 N–H and O–H groups in total. The van der Waals surface area contributed by atoms with Crippen LogP contribution in [-0.2, 0) is 4.79 Å². The third-order valence-electron chi connectivity index (χ3n) is 4.07. The van der Waals surface area contributed by atoms with Gasteiger partial charge in [-0.05, 0) is 30.7 Å². The minimum Gasteiger partial charge on any atom is -0.271 e. The summed E-state index contributed by atoms with van der Waals surface area (Å²) in [5.74, 6) is -0.848. The van der Waals surface area contributed by atoms with Crippen molar-refractivity contribution < 1.29 is 9.72 Å². The SMILES string of the molecule is CC1=NN(c2ccccc2)C(=O)C1c1ccc([N+](=O)[O-])c2nsnc12.[Na]. The number of hydrogen-bond acceptors (Lipinski definition) is 7. The number of non-ortho nitro benzene ring substituents is 1. The summed E-state index contributed by atoms with van der Waals surface area (Å²) in [6.07, 6.45) is 0. The molecule has 2 heterocycles. The number of para-hydroxylation sites is 1. The van der Waals surface area contributed by atoms with Gasteiger partial charge in [0.25, 0.3) is 11.6 Å². The summed E-state index contributed by atoms with van der Waals surface area (Å²) in [4.78, 5) is 23.6. The maximum absolute atomic E-state index is 12.9. The summed E-state index contributed by atoms with van der Waals surface area (Å²) in [5.41, 5.74) is 2.32. The zero-order chi connectivity index (χ0) is 17.6. The molecule has 1 aliphatic rings. The van der Waals surface area contributed by atoms with Gasteiger partial charge in [0.2, 0.25) is 0 Å². The van der Waals surface area contributed by atoms with Gasteiger partial charge in [0.15, 0.2) is 5.52 Å². The van der Waals surface area contributed by atoms with E-state index in [9.17, 15) is 14.9 Å².